The molecule has 198 valence electrons. The minimum absolute atomic E-state index is 0.104. The number of alkyl halides is 3. The fourth-order valence-electron chi connectivity index (χ4n) is 4.79. The van der Waals surface area contributed by atoms with Crippen LogP contribution in [0.2, 0.25) is 5.02 Å². The van der Waals surface area contributed by atoms with Crippen LogP contribution in [-0.2, 0) is 17.3 Å². The first-order valence-corrected chi connectivity index (χ1v) is 11.9. The number of carbonyl (C=O) groups excluding carboxylic acids is 2. The molecule has 0 radical (unpaired) electrons. The summed E-state index contributed by atoms with van der Waals surface area (Å²) in [6.07, 6.45) is -4.38. The Morgan fingerprint density at radius 2 is 1.84 bits per heavy atom. The van der Waals surface area contributed by atoms with Gasteiger partial charge in [-0.15, -0.1) is 0 Å². The molecule has 5 nitrogen and oxygen atoms in total. The van der Waals surface area contributed by atoms with Gasteiger partial charge in [0.25, 0.3) is 11.8 Å². The van der Waals surface area contributed by atoms with E-state index >= 15 is 0 Å². The Labute approximate surface area is 218 Å². The standard InChI is InChI=1S/C27H20ClF5N2O3/c1-26(11-38-12-26)10-13-4-19-22(23(35-25(19)37)18-9-16(29)2-3-20(18)28)21(5-13)34-24(36)14-6-15(27(31,32)33)8-17(30)7-14/h2-9,23H,10-12H2,1H3,(H,34,36)(H,35,37). The van der Waals surface area contributed by atoms with Gasteiger partial charge in [-0.25, -0.2) is 8.78 Å². The van der Waals surface area contributed by atoms with E-state index in [0.29, 0.717) is 43.4 Å². The van der Waals surface area contributed by atoms with Gasteiger partial charge in [0.15, 0.2) is 0 Å². The number of halogens is 6. The second-order valence-electron chi connectivity index (χ2n) is 9.84. The van der Waals surface area contributed by atoms with E-state index < -0.39 is 46.8 Å². The van der Waals surface area contributed by atoms with Crippen LogP contribution in [-0.4, -0.2) is 25.0 Å². The third-order valence-electron chi connectivity index (χ3n) is 6.59. The van der Waals surface area contributed by atoms with Gasteiger partial charge in [-0.3, -0.25) is 9.59 Å². The summed E-state index contributed by atoms with van der Waals surface area (Å²) in [7, 11) is 0. The number of hydrogen-bond acceptors (Lipinski definition) is 3. The first-order valence-electron chi connectivity index (χ1n) is 11.5. The van der Waals surface area contributed by atoms with Gasteiger partial charge in [0.05, 0.1) is 24.8 Å². The number of fused-ring (bicyclic) bond motifs is 1. The summed E-state index contributed by atoms with van der Waals surface area (Å²) in [4.78, 5) is 26.1. The van der Waals surface area contributed by atoms with Gasteiger partial charge in [0.1, 0.15) is 11.6 Å². The minimum atomic E-state index is -4.87. The Hall–Kier alpha value is -3.50. The lowest BCUT2D eigenvalue weighted by atomic mass is 9.81. The van der Waals surface area contributed by atoms with Crippen LogP contribution >= 0.6 is 11.6 Å². The molecule has 38 heavy (non-hydrogen) atoms. The van der Waals surface area contributed by atoms with Gasteiger partial charge in [-0.1, -0.05) is 18.5 Å². The van der Waals surface area contributed by atoms with E-state index in [0.717, 1.165) is 12.1 Å². The molecule has 0 aliphatic carbocycles. The maximum absolute atomic E-state index is 14.1. The highest BCUT2D eigenvalue weighted by Crippen LogP contribution is 2.42. The maximum atomic E-state index is 14.1. The Morgan fingerprint density at radius 1 is 1.11 bits per heavy atom. The smallest absolute Gasteiger partial charge is 0.380 e. The molecule has 1 saturated heterocycles. The predicted molar refractivity (Wildman–Crippen MR) is 129 cm³/mol. The topological polar surface area (TPSA) is 67.4 Å². The number of amides is 2. The van der Waals surface area contributed by atoms with E-state index in [-0.39, 0.29) is 32.8 Å². The fourth-order valence-corrected chi connectivity index (χ4v) is 5.02. The Balaban J connectivity index is 1.60. The summed E-state index contributed by atoms with van der Waals surface area (Å²) in [6, 6.07) is 7.45. The number of carbonyl (C=O) groups is 2. The molecule has 11 heteroatoms. The molecule has 1 unspecified atom stereocenters. The molecule has 5 rings (SSSR count). The predicted octanol–water partition coefficient (Wildman–Crippen LogP) is 6.30. The fraction of sp³-hybridized carbons (Fsp3) is 0.259. The quantitative estimate of drug-likeness (QED) is 0.366. The minimum Gasteiger partial charge on any atom is -0.380 e. The van der Waals surface area contributed by atoms with E-state index in [1.807, 2.05) is 6.92 Å². The van der Waals surface area contributed by atoms with Crippen molar-refractivity contribution in [2.24, 2.45) is 5.41 Å². The molecule has 1 fully saturated rings. The second-order valence-corrected chi connectivity index (χ2v) is 10.2. The van der Waals surface area contributed by atoms with E-state index in [9.17, 15) is 31.5 Å². The van der Waals surface area contributed by atoms with Crippen molar-refractivity contribution in [3.05, 3.63) is 98.6 Å². The largest absolute Gasteiger partial charge is 0.416 e. The third-order valence-corrected chi connectivity index (χ3v) is 6.93. The van der Waals surface area contributed by atoms with Crippen molar-refractivity contribution in [2.45, 2.75) is 25.6 Å². The van der Waals surface area contributed by atoms with Crippen LogP contribution in [0.1, 0.15) is 55.9 Å². The molecule has 0 saturated carbocycles. The lowest BCUT2D eigenvalue weighted by molar-refractivity contribution is -0.137. The summed E-state index contributed by atoms with van der Waals surface area (Å²) < 4.78 is 73.1. The van der Waals surface area contributed by atoms with Crippen molar-refractivity contribution in [1.29, 1.82) is 0 Å². The molecule has 2 heterocycles. The average Bonchev–Trinajstić information content (AvgIpc) is 3.15. The SMILES string of the molecule is CC1(Cc2cc(NC(=O)c3cc(F)cc(C(F)(F)F)c3)c3c(c2)C(=O)NC3c2cc(F)ccc2Cl)COC1. The van der Waals surface area contributed by atoms with Crippen LogP contribution in [0.5, 0.6) is 0 Å². The Bertz CT molecular complexity index is 1470. The van der Waals surface area contributed by atoms with Gasteiger partial charge in [-0.2, -0.15) is 13.2 Å². The average molecular weight is 551 g/mol. The zero-order valence-corrected chi connectivity index (χ0v) is 20.6. The third kappa shape index (κ3) is 4.98. The zero-order valence-electron chi connectivity index (χ0n) is 19.8. The monoisotopic (exact) mass is 550 g/mol. The van der Waals surface area contributed by atoms with Crippen molar-refractivity contribution >= 4 is 29.1 Å². The van der Waals surface area contributed by atoms with Crippen molar-refractivity contribution in [1.82, 2.24) is 5.32 Å². The summed E-state index contributed by atoms with van der Waals surface area (Å²) in [5.41, 5.74) is -0.626. The molecular weight excluding hydrogens is 531 g/mol. The molecule has 0 bridgehead atoms. The Morgan fingerprint density at radius 3 is 2.50 bits per heavy atom. The summed E-state index contributed by atoms with van der Waals surface area (Å²) >= 11 is 6.30. The second kappa shape index (κ2) is 9.36. The molecule has 2 amide bonds. The van der Waals surface area contributed by atoms with Crippen LogP contribution in [0.3, 0.4) is 0 Å². The Kier molecular flexibility index (Phi) is 6.43. The molecule has 0 spiro atoms. The summed E-state index contributed by atoms with van der Waals surface area (Å²) in [5, 5.41) is 5.44. The van der Waals surface area contributed by atoms with E-state index in [1.54, 1.807) is 12.1 Å². The maximum Gasteiger partial charge on any atom is 0.416 e. The first-order chi connectivity index (χ1) is 17.8. The number of benzene rings is 3. The van der Waals surface area contributed by atoms with Gasteiger partial charge >= 0.3 is 6.18 Å². The highest BCUT2D eigenvalue weighted by Gasteiger charge is 2.38. The summed E-state index contributed by atoms with van der Waals surface area (Å²) in [6.45, 7) is 2.97. The number of nitrogens with one attached hydrogen (secondary N) is 2. The van der Waals surface area contributed by atoms with Crippen LogP contribution in [0.15, 0.2) is 48.5 Å². The zero-order chi connectivity index (χ0) is 27.4. The van der Waals surface area contributed by atoms with Crippen molar-refractivity contribution in [2.75, 3.05) is 18.5 Å². The van der Waals surface area contributed by atoms with E-state index in [4.69, 9.17) is 16.3 Å². The number of hydrogen-bond donors (Lipinski definition) is 2. The van der Waals surface area contributed by atoms with E-state index in [1.165, 1.54) is 6.07 Å². The first kappa shape index (κ1) is 26.1. The van der Waals surface area contributed by atoms with E-state index in [2.05, 4.69) is 10.6 Å². The number of rotatable bonds is 5. The lowest BCUT2D eigenvalue weighted by Crippen LogP contribution is -2.41. The van der Waals surface area contributed by atoms with Gasteiger partial charge in [-0.05, 0) is 60.5 Å². The molecule has 2 N–H and O–H groups in total. The van der Waals surface area contributed by atoms with Crippen LogP contribution < -0.4 is 10.6 Å². The molecule has 0 aromatic heterocycles. The molecule has 3 aromatic carbocycles. The van der Waals surface area contributed by atoms with Crippen molar-refractivity contribution < 1.29 is 36.3 Å². The number of ether oxygens (including phenoxy) is 1. The van der Waals surface area contributed by atoms with Crippen molar-refractivity contribution in [3.63, 3.8) is 0 Å². The highest BCUT2D eigenvalue weighted by molar-refractivity contribution is 6.31. The van der Waals surface area contributed by atoms with Gasteiger partial charge in [0.2, 0.25) is 0 Å². The van der Waals surface area contributed by atoms with Crippen molar-refractivity contribution in [3.8, 4) is 0 Å². The molecule has 2 aliphatic rings. The molecular formula is C27H20ClF5N2O3. The van der Waals surface area contributed by atoms with Crippen LogP contribution in [0.25, 0.3) is 0 Å². The molecule has 1 atom stereocenters. The molecule has 2 aliphatic heterocycles. The normalized spacial score (nSPS) is 18.0. The highest BCUT2D eigenvalue weighted by atomic mass is 35.5. The van der Waals surface area contributed by atoms with Gasteiger partial charge in [0, 0.05) is 38.4 Å². The number of anilines is 1. The molecule has 3 aromatic rings. The lowest BCUT2D eigenvalue weighted by Gasteiger charge is -2.38. The summed E-state index contributed by atoms with van der Waals surface area (Å²) in [5.74, 6) is -3.35. The van der Waals surface area contributed by atoms with Crippen LogP contribution in [0, 0.1) is 17.0 Å². The van der Waals surface area contributed by atoms with Gasteiger partial charge < -0.3 is 15.4 Å². The van der Waals surface area contributed by atoms with Crippen LogP contribution in [0.4, 0.5) is 27.6 Å².